The molecule has 0 fully saturated rings. The molecule has 1 N–H and O–H groups in total. The third-order valence-electron chi connectivity index (χ3n) is 2.10. The monoisotopic (exact) mass is 154 g/mol. The highest BCUT2D eigenvalue weighted by Crippen LogP contribution is 2.28. The lowest BCUT2D eigenvalue weighted by atomic mass is 9.78. The van der Waals surface area contributed by atoms with Crippen LogP contribution in [0.1, 0.15) is 19.8 Å². The molecule has 11 heavy (non-hydrogen) atoms. The predicted octanol–water partition coefficient (Wildman–Crippen LogP) is 0.996. The van der Waals surface area contributed by atoms with E-state index in [0.717, 1.165) is 0 Å². The van der Waals surface area contributed by atoms with Gasteiger partial charge in [-0.05, 0) is 25.8 Å². The average Bonchev–Trinajstić information content (AvgIpc) is 1.95. The first kappa shape index (κ1) is 7.98. The summed E-state index contributed by atoms with van der Waals surface area (Å²) in [6.07, 6.45) is 4.16. The summed E-state index contributed by atoms with van der Waals surface area (Å²) in [6.45, 7) is 1.47. The van der Waals surface area contributed by atoms with Gasteiger partial charge in [-0.25, -0.2) is 0 Å². The summed E-state index contributed by atoms with van der Waals surface area (Å²) < 4.78 is 0. The topological polar surface area (TPSA) is 54.4 Å². The van der Waals surface area contributed by atoms with Crippen molar-refractivity contribution < 1.29 is 14.7 Å². The van der Waals surface area contributed by atoms with Gasteiger partial charge in [0, 0.05) is 0 Å². The van der Waals surface area contributed by atoms with Crippen LogP contribution < -0.4 is 0 Å². The zero-order valence-corrected chi connectivity index (χ0v) is 6.33. The Morgan fingerprint density at radius 3 is 2.73 bits per heavy atom. The van der Waals surface area contributed by atoms with Gasteiger partial charge in [-0.1, -0.05) is 6.08 Å². The molecular weight excluding hydrogens is 144 g/mol. The van der Waals surface area contributed by atoms with Gasteiger partial charge in [-0.15, -0.1) is 0 Å². The molecule has 1 atom stereocenters. The van der Waals surface area contributed by atoms with Crippen LogP contribution in [-0.4, -0.2) is 16.9 Å². The van der Waals surface area contributed by atoms with E-state index in [1.807, 2.05) is 0 Å². The second kappa shape index (κ2) is 2.49. The number of hydrogen-bond acceptors (Lipinski definition) is 2. The summed E-state index contributed by atoms with van der Waals surface area (Å²) >= 11 is 0. The van der Waals surface area contributed by atoms with E-state index in [9.17, 15) is 9.59 Å². The molecule has 0 radical (unpaired) electrons. The highest BCUT2D eigenvalue weighted by molar-refractivity contribution is 6.08. The van der Waals surface area contributed by atoms with Crippen LogP contribution in [0, 0.1) is 5.41 Å². The molecule has 0 aromatic heterocycles. The van der Waals surface area contributed by atoms with Crippen molar-refractivity contribution in [2.45, 2.75) is 19.8 Å². The summed E-state index contributed by atoms with van der Waals surface area (Å²) in [5.74, 6) is -1.32. The molecule has 0 spiro atoms. The number of allylic oxidation sites excluding steroid dienone is 2. The van der Waals surface area contributed by atoms with E-state index in [1.54, 1.807) is 6.08 Å². The van der Waals surface area contributed by atoms with Crippen LogP contribution in [0.2, 0.25) is 0 Å². The fourth-order valence-electron chi connectivity index (χ4n) is 1.08. The number of carbonyl (C=O) groups excluding carboxylic acids is 1. The van der Waals surface area contributed by atoms with Crippen LogP contribution >= 0.6 is 0 Å². The van der Waals surface area contributed by atoms with Crippen LogP contribution in [0.15, 0.2) is 12.2 Å². The first-order valence-electron chi connectivity index (χ1n) is 3.52. The van der Waals surface area contributed by atoms with Gasteiger partial charge in [0.05, 0.1) is 0 Å². The van der Waals surface area contributed by atoms with Gasteiger partial charge in [0.15, 0.2) is 5.78 Å². The molecule has 0 aromatic rings. The molecule has 0 aromatic carbocycles. The van der Waals surface area contributed by atoms with E-state index in [1.165, 1.54) is 13.0 Å². The lowest BCUT2D eigenvalue weighted by Gasteiger charge is -2.23. The second-order valence-electron chi connectivity index (χ2n) is 2.94. The second-order valence-corrected chi connectivity index (χ2v) is 2.94. The summed E-state index contributed by atoms with van der Waals surface area (Å²) in [4.78, 5) is 21.7. The molecule has 0 heterocycles. The summed E-state index contributed by atoms with van der Waals surface area (Å²) in [6, 6.07) is 0. The highest BCUT2D eigenvalue weighted by atomic mass is 16.4. The molecule has 0 aliphatic heterocycles. The van der Waals surface area contributed by atoms with Crippen LogP contribution in [0.5, 0.6) is 0 Å². The molecule has 1 aliphatic rings. The molecule has 0 amide bonds. The molecule has 1 unspecified atom stereocenters. The maximum Gasteiger partial charge on any atom is 0.317 e. The largest absolute Gasteiger partial charge is 0.480 e. The predicted molar refractivity (Wildman–Crippen MR) is 39.1 cm³/mol. The van der Waals surface area contributed by atoms with Crippen molar-refractivity contribution in [2.24, 2.45) is 5.41 Å². The normalized spacial score (nSPS) is 30.5. The quantitative estimate of drug-likeness (QED) is 0.573. The minimum absolute atomic E-state index is 0.295. The fraction of sp³-hybridized carbons (Fsp3) is 0.500. The number of ketones is 1. The minimum atomic E-state index is -1.17. The SMILES string of the molecule is CC1(C(=O)O)CCC=CC1=O. The van der Waals surface area contributed by atoms with Crippen molar-refractivity contribution in [3.63, 3.8) is 0 Å². The smallest absolute Gasteiger partial charge is 0.317 e. The molecule has 0 saturated carbocycles. The molecule has 0 bridgehead atoms. The maximum atomic E-state index is 11.1. The summed E-state index contributed by atoms with van der Waals surface area (Å²) in [5.41, 5.74) is -1.17. The zero-order valence-electron chi connectivity index (χ0n) is 6.33. The first-order chi connectivity index (χ1) is 5.07. The fourth-order valence-corrected chi connectivity index (χ4v) is 1.08. The third-order valence-corrected chi connectivity index (χ3v) is 2.10. The lowest BCUT2D eigenvalue weighted by molar-refractivity contribution is -0.152. The zero-order chi connectivity index (χ0) is 8.48. The molecular formula is C8H10O3. The number of carbonyl (C=O) groups is 2. The average molecular weight is 154 g/mol. The van der Waals surface area contributed by atoms with E-state index in [-0.39, 0.29) is 5.78 Å². The van der Waals surface area contributed by atoms with Gasteiger partial charge in [-0.3, -0.25) is 9.59 Å². The third kappa shape index (κ3) is 1.18. The number of carboxylic acid groups (broad SMARTS) is 1. The van der Waals surface area contributed by atoms with Gasteiger partial charge in [0.25, 0.3) is 0 Å². The molecule has 3 nitrogen and oxygen atoms in total. The van der Waals surface area contributed by atoms with Gasteiger partial charge in [0.2, 0.25) is 0 Å². The number of rotatable bonds is 1. The van der Waals surface area contributed by atoms with Crippen LogP contribution in [-0.2, 0) is 9.59 Å². The van der Waals surface area contributed by atoms with Crippen molar-refractivity contribution in [1.82, 2.24) is 0 Å². The molecule has 1 rings (SSSR count). The molecule has 3 heteroatoms. The van der Waals surface area contributed by atoms with E-state index in [2.05, 4.69) is 0 Å². The van der Waals surface area contributed by atoms with Gasteiger partial charge in [-0.2, -0.15) is 0 Å². The summed E-state index contributed by atoms with van der Waals surface area (Å²) in [5, 5.41) is 8.71. The van der Waals surface area contributed by atoms with Crippen LogP contribution in [0.3, 0.4) is 0 Å². The van der Waals surface area contributed by atoms with Crippen molar-refractivity contribution in [2.75, 3.05) is 0 Å². The van der Waals surface area contributed by atoms with Crippen LogP contribution in [0.4, 0.5) is 0 Å². The van der Waals surface area contributed by atoms with Crippen LogP contribution in [0.25, 0.3) is 0 Å². The minimum Gasteiger partial charge on any atom is -0.480 e. The Morgan fingerprint density at radius 1 is 1.73 bits per heavy atom. The Balaban J connectivity index is 2.94. The van der Waals surface area contributed by atoms with E-state index < -0.39 is 11.4 Å². The number of aliphatic carboxylic acids is 1. The highest BCUT2D eigenvalue weighted by Gasteiger charge is 2.40. The maximum absolute atomic E-state index is 11.1. The van der Waals surface area contributed by atoms with E-state index in [4.69, 9.17) is 5.11 Å². The van der Waals surface area contributed by atoms with Crippen molar-refractivity contribution in [3.8, 4) is 0 Å². The first-order valence-corrected chi connectivity index (χ1v) is 3.52. The Hall–Kier alpha value is -1.12. The van der Waals surface area contributed by atoms with Crippen molar-refractivity contribution in [3.05, 3.63) is 12.2 Å². The van der Waals surface area contributed by atoms with E-state index in [0.29, 0.717) is 12.8 Å². The molecule has 60 valence electrons. The Labute approximate surface area is 64.7 Å². The van der Waals surface area contributed by atoms with Gasteiger partial charge < -0.3 is 5.11 Å². The summed E-state index contributed by atoms with van der Waals surface area (Å²) in [7, 11) is 0. The molecule has 1 aliphatic carbocycles. The van der Waals surface area contributed by atoms with Crippen molar-refractivity contribution >= 4 is 11.8 Å². The van der Waals surface area contributed by atoms with E-state index >= 15 is 0 Å². The number of hydrogen-bond donors (Lipinski definition) is 1. The molecule has 0 saturated heterocycles. The lowest BCUT2D eigenvalue weighted by Crippen LogP contribution is -2.36. The van der Waals surface area contributed by atoms with Crippen molar-refractivity contribution in [1.29, 1.82) is 0 Å². The number of carboxylic acids is 1. The standard InChI is InChI=1S/C8H10O3/c1-8(7(10)11)5-3-2-4-6(8)9/h2,4H,3,5H2,1H3,(H,10,11). The Morgan fingerprint density at radius 2 is 2.36 bits per heavy atom. The Kier molecular flexibility index (Phi) is 1.81. The van der Waals surface area contributed by atoms with Gasteiger partial charge in [0.1, 0.15) is 5.41 Å². The Bertz CT molecular complexity index is 229. The van der Waals surface area contributed by atoms with Gasteiger partial charge >= 0.3 is 5.97 Å².